The number of halogens is 2. The van der Waals surface area contributed by atoms with Gasteiger partial charge in [0.2, 0.25) is 0 Å². The van der Waals surface area contributed by atoms with Crippen LogP contribution in [0.3, 0.4) is 0 Å². The number of nitrogens with zero attached hydrogens (tertiary/aromatic N) is 4. The summed E-state index contributed by atoms with van der Waals surface area (Å²) in [6.07, 6.45) is 4.21. The van der Waals surface area contributed by atoms with E-state index in [1.807, 2.05) is 23.6 Å². The Hall–Kier alpha value is -2.61. The molecule has 0 fully saturated rings. The van der Waals surface area contributed by atoms with Crippen LogP contribution in [0.25, 0.3) is 11.4 Å². The lowest BCUT2D eigenvalue weighted by Gasteiger charge is -2.13. The van der Waals surface area contributed by atoms with Crippen LogP contribution < -0.4 is 0 Å². The maximum atomic E-state index is 13.9. The number of carbonyl (C=O) groups is 1. The van der Waals surface area contributed by atoms with E-state index in [1.165, 1.54) is 17.8 Å². The Balaban J connectivity index is 1.86. The van der Waals surface area contributed by atoms with Gasteiger partial charge in [0.15, 0.2) is 16.8 Å². The van der Waals surface area contributed by atoms with E-state index < -0.39 is 22.7 Å². The summed E-state index contributed by atoms with van der Waals surface area (Å²) < 4.78 is 28.9. The molecule has 0 saturated carbocycles. The molecule has 1 aromatic carbocycles. The molecule has 1 atom stereocenters. The van der Waals surface area contributed by atoms with Gasteiger partial charge < -0.3 is 4.57 Å². The third-order valence-corrected chi connectivity index (χ3v) is 5.03. The van der Waals surface area contributed by atoms with E-state index >= 15 is 0 Å². The molecule has 0 amide bonds. The van der Waals surface area contributed by atoms with E-state index in [2.05, 4.69) is 15.2 Å². The highest BCUT2D eigenvalue weighted by atomic mass is 32.2. The Kier molecular flexibility index (Phi) is 5.95. The first-order chi connectivity index (χ1) is 13.0. The zero-order valence-corrected chi connectivity index (χ0v) is 15.7. The predicted molar refractivity (Wildman–Crippen MR) is 99.6 cm³/mol. The fourth-order valence-corrected chi connectivity index (χ4v) is 3.58. The van der Waals surface area contributed by atoms with Crippen molar-refractivity contribution in [3.8, 4) is 11.4 Å². The van der Waals surface area contributed by atoms with Gasteiger partial charge in [0.05, 0.1) is 10.8 Å². The maximum absolute atomic E-state index is 13.9. The van der Waals surface area contributed by atoms with E-state index in [-0.39, 0.29) is 5.56 Å². The van der Waals surface area contributed by atoms with Gasteiger partial charge in [0.1, 0.15) is 11.6 Å². The first kappa shape index (κ1) is 19.2. The third-order valence-electron chi connectivity index (χ3n) is 3.95. The van der Waals surface area contributed by atoms with Crippen LogP contribution in [0.1, 0.15) is 30.6 Å². The SMILES string of the molecule is CCCn1c(SC(C)C(=O)c2ccc(F)cc2F)nnc1-c1ccncc1. The summed E-state index contributed by atoms with van der Waals surface area (Å²) in [6, 6.07) is 6.64. The second kappa shape index (κ2) is 8.39. The number of rotatable bonds is 7. The lowest BCUT2D eigenvalue weighted by molar-refractivity contribution is 0.0990. The maximum Gasteiger partial charge on any atom is 0.192 e. The number of carbonyl (C=O) groups excluding carboxylic acids is 1. The largest absolute Gasteiger partial charge is 0.302 e. The number of aromatic nitrogens is 4. The van der Waals surface area contributed by atoms with E-state index in [9.17, 15) is 13.6 Å². The van der Waals surface area contributed by atoms with E-state index in [4.69, 9.17) is 0 Å². The number of hydrogen-bond acceptors (Lipinski definition) is 5. The summed E-state index contributed by atoms with van der Waals surface area (Å²) in [5, 5.41) is 8.44. The Labute approximate surface area is 159 Å². The second-order valence-electron chi connectivity index (χ2n) is 5.94. The standard InChI is InChI=1S/C19H18F2N4OS/c1-3-10-25-18(13-6-8-22-9-7-13)23-24-19(25)27-12(2)17(26)15-5-4-14(20)11-16(15)21/h4-9,11-12H,3,10H2,1-2H3. The summed E-state index contributed by atoms with van der Waals surface area (Å²) in [7, 11) is 0. The number of thioether (sulfide) groups is 1. The Morgan fingerprint density at radius 1 is 1.19 bits per heavy atom. The van der Waals surface area contributed by atoms with Gasteiger partial charge in [0.25, 0.3) is 0 Å². The molecule has 0 saturated heterocycles. The summed E-state index contributed by atoms with van der Waals surface area (Å²) in [5.74, 6) is -1.31. The molecule has 0 N–H and O–H groups in total. The molecule has 1 unspecified atom stereocenters. The van der Waals surface area contributed by atoms with Crippen molar-refractivity contribution < 1.29 is 13.6 Å². The molecule has 0 aliphatic heterocycles. The highest BCUT2D eigenvalue weighted by Crippen LogP contribution is 2.29. The summed E-state index contributed by atoms with van der Waals surface area (Å²) >= 11 is 1.21. The number of hydrogen-bond donors (Lipinski definition) is 0. The van der Waals surface area contributed by atoms with Crippen LogP contribution in [0.4, 0.5) is 8.78 Å². The van der Waals surface area contributed by atoms with Crippen molar-refractivity contribution in [3.05, 3.63) is 59.9 Å². The number of pyridine rings is 1. The van der Waals surface area contributed by atoms with Crippen molar-refractivity contribution in [3.63, 3.8) is 0 Å². The quantitative estimate of drug-likeness (QED) is 0.444. The van der Waals surface area contributed by atoms with Crippen LogP contribution in [-0.2, 0) is 6.54 Å². The van der Waals surface area contributed by atoms with Crippen molar-refractivity contribution in [1.29, 1.82) is 0 Å². The molecule has 5 nitrogen and oxygen atoms in total. The van der Waals surface area contributed by atoms with Crippen LogP contribution in [0.15, 0.2) is 47.9 Å². The topological polar surface area (TPSA) is 60.7 Å². The molecule has 3 aromatic rings. The van der Waals surface area contributed by atoms with Gasteiger partial charge in [-0.25, -0.2) is 8.78 Å². The van der Waals surface area contributed by atoms with Crippen molar-refractivity contribution in [2.24, 2.45) is 0 Å². The smallest absolute Gasteiger partial charge is 0.192 e. The molecule has 27 heavy (non-hydrogen) atoms. The number of benzene rings is 1. The number of ketones is 1. The molecule has 0 aliphatic carbocycles. The average Bonchev–Trinajstić information content (AvgIpc) is 3.04. The first-order valence-corrected chi connectivity index (χ1v) is 9.38. The Morgan fingerprint density at radius 2 is 1.93 bits per heavy atom. The van der Waals surface area contributed by atoms with Crippen LogP contribution in [0.5, 0.6) is 0 Å². The van der Waals surface area contributed by atoms with Gasteiger partial charge in [-0.05, 0) is 37.6 Å². The van der Waals surface area contributed by atoms with Gasteiger partial charge in [0, 0.05) is 30.6 Å². The molecule has 8 heteroatoms. The molecule has 2 heterocycles. The van der Waals surface area contributed by atoms with Gasteiger partial charge >= 0.3 is 0 Å². The fourth-order valence-electron chi connectivity index (χ4n) is 2.64. The molecule has 3 rings (SSSR count). The lowest BCUT2D eigenvalue weighted by atomic mass is 10.1. The van der Waals surface area contributed by atoms with Crippen molar-refractivity contribution >= 4 is 17.5 Å². The van der Waals surface area contributed by atoms with Crippen molar-refractivity contribution in [1.82, 2.24) is 19.7 Å². The van der Waals surface area contributed by atoms with Crippen LogP contribution in [-0.4, -0.2) is 30.8 Å². The molecule has 2 aromatic heterocycles. The van der Waals surface area contributed by atoms with Crippen molar-refractivity contribution in [2.45, 2.75) is 37.2 Å². The summed E-state index contributed by atoms with van der Waals surface area (Å²) in [6.45, 7) is 4.39. The lowest BCUT2D eigenvalue weighted by Crippen LogP contribution is -2.16. The van der Waals surface area contributed by atoms with Gasteiger partial charge in [-0.1, -0.05) is 18.7 Å². The predicted octanol–water partition coefficient (Wildman–Crippen LogP) is 4.39. The monoisotopic (exact) mass is 388 g/mol. The first-order valence-electron chi connectivity index (χ1n) is 8.50. The fraction of sp³-hybridized carbons (Fsp3) is 0.263. The van der Waals surface area contributed by atoms with Crippen LogP contribution in [0, 0.1) is 11.6 Å². The Morgan fingerprint density at radius 3 is 2.59 bits per heavy atom. The molecule has 0 spiro atoms. The third kappa shape index (κ3) is 4.21. The summed E-state index contributed by atoms with van der Waals surface area (Å²) in [5.41, 5.74) is 0.744. The zero-order chi connectivity index (χ0) is 19.4. The Bertz CT molecular complexity index is 946. The summed E-state index contributed by atoms with van der Waals surface area (Å²) in [4.78, 5) is 16.6. The average molecular weight is 388 g/mol. The van der Waals surface area contributed by atoms with Gasteiger partial charge in [-0.15, -0.1) is 10.2 Å². The highest BCUT2D eigenvalue weighted by Gasteiger charge is 2.23. The molecule has 0 aliphatic rings. The van der Waals surface area contributed by atoms with E-state index in [0.29, 0.717) is 23.6 Å². The minimum atomic E-state index is -0.861. The van der Waals surface area contributed by atoms with Crippen LogP contribution >= 0.6 is 11.8 Å². The van der Waals surface area contributed by atoms with E-state index in [1.54, 1.807) is 19.3 Å². The second-order valence-corrected chi connectivity index (χ2v) is 7.25. The minimum Gasteiger partial charge on any atom is -0.302 e. The van der Waals surface area contributed by atoms with Gasteiger partial charge in [-0.2, -0.15) is 0 Å². The minimum absolute atomic E-state index is 0.132. The van der Waals surface area contributed by atoms with Crippen LogP contribution in [0.2, 0.25) is 0 Å². The molecule has 0 bridgehead atoms. The van der Waals surface area contributed by atoms with Crippen molar-refractivity contribution in [2.75, 3.05) is 0 Å². The highest BCUT2D eigenvalue weighted by molar-refractivity contribution is 8.00. The molecular formula is C19H18F2N4OS. The van der Waals surface area contributed by atoms with E-state index in [0.717, 1.165) is 18.1 Å². The molecule has 0 radical (unpaired) electrons. The molecular weight excluding hydrogens is 370 g/mol. The zero-order valence-electron chi connectivity index (χ0n) is 14.9. The molecule has 140 valence electrons. The number of Topliss-reactive ketones (excluding diaryl/α,β-unsaturated/α-hetero) is 1. The van der Waals surface area contributed by atoms with Gasteiger partial charge in [-0.3, -0.25) is 9.78 Å². The normalized spacial score (nSPS) is 12.1.